The van der Waals surface area contributed by atoms with Gasteiger partial charge in [0.15, 0.2) is 0 Å². The van der Waals surface area contributed by atoms with Gasteiger partial charge in [0.05, 0.1) is 25.4 Å². The molecule has 3 N–H and O–H groups in total. The van der Waals surface area contributed by atoms with Crippen molar-refractivity contribution in [2.75, 3.05) is 13.2 Å². The highest BCUT2D eigenvalue weighted by Crippen LogP contribution is 2.19. The summed E-state index contributed by atoms with van der Waals surface area (Å²) in [7, 11) is 0. The molecule has 0 radical (unpaired) electrons. The van der Waals surface area contributed by atoms with Crippen molar-refractivity contribution in [3.8, 4) is 0 Å². The van der Waals surface area contributed by atoms with Crippen LogP contribution >= 0.6 is 0 Å². The number of carbonyl (C=O) groups excluding carboxylic acids is 2. The minimum absolute atomic E-state index is 0.00621. The second-order valence-electron chi connectivity index (χ2n) is 25.6. The SMILES string of the molecule is CCCCCC/C=C\C/C=C\CCCCCCCC(=O)OCCCCCCCCCCCCCCCCCCCCCCCCCCCCCCCC(=O)NC(CO)C(O)/C=C/CCCCCCCCCCCCCCCCCCCC. The van der Waals surface area contributed by atoms with Crippen molar-refractivity contribution in [1.29, 1.82) is 0 Å². The number of ether oxygens (including phenoxy) is 1. The number of aliphatic hydroxyl groups is 2. The number of unbranched alkanes of at least 4 members (excludes halogenated alkanes) is 55. The second kappa shape index (κ2) is 71.6. The molecule has 0 bridgehead atoms. The van der Waals surface area contributed by atoms with Gasteiger partial charge < -0.3 is 20.3 Å². The lowest BCUT2D eigenvalue weighted by molar-refractivity contribution is -0.143. The Labute approximate surface area is 513 Å². The average Bonchev–Trinajstić information content (AvgIpc) is 3.48. The molecule has 0 rings (SSSR count). The number of rotatable bonds is 70. The Hall–Kier alpha value is -1.92. The minimum atomic E-state index is -0.843. The van der Waals surface area contributed by atoms with Crippen molar-refractivity contribution in [2.24, 2.45) is 0 Å². The predicted molar refractivity (Wildman–Crippen MR) is 361 cm³/mol. The summed E-state index contributed by atoms with van der Waals surface area (Å²) in [6, 6.07) is -0.626. The predicted octanol–water partition coefficient (Wildman–Crippen LogP) is 24.3. The van der Waals surface area contributed by atoms with Crippen LogP contribution in [-0.4, -0.2) is 47.4 Å². The molecule has 0 aromatic carbocycles. The number of hydrogen-bond donors (Lipinski definition) is 3. The minimum Gasteiger partial charge on any atom is -0.466 e. The molecule has 0 aliphatic rings. The molecule has 0 aromatic heterocycles. The third-order valence-electron chi connectivity index (χ3n) is 17.4. The summed E-state index contributed by atoms with van der Waals surface area (Å²) in [5.41, 5.74) is 0. The van der Waals surface area contributed by atoms with Gasteiger partial charge in [0.25, 0.3) is 0 Å². The van der Waals surface area contributed by atoms with Gasteiger partial charge in [0, 0.05) is 12.8 Å². The Morgan fingerprint density at radius 1 is 0.341 bits per heavy atom. The van der Waals surface area contributed by atoms with Gasteiger partial charge >= 0.3 is 5.97 Å². The van der Waals surface area contributed by atoms with Crippen LogP contribution in [0.15, 0.2) is 36.5 Å². The van der Waals surface area contributed by atoms with Crippen LogP contribution in [-0.2, 0) is 14.3 Å². The van der Waals surface area contributed by atoms with E-state index in [9.17, 15) is 19.8 Å². The second-order valence-corrected chi connectivity index (χ2v) is 25.6. The van der Waals surface area contributed by atoms with Gasteiger partial charge in [0.1, 0.15) is 0 Å². The number of nitrogens with one attached hydrogen (secondary N) is 1. The summed E-state index contributed by atoms with van der Waals surface area (Å²) >= 11 is 0. The van der Waals surface area contributed by atoms with Crippen LogP contribution in [0.2, 0.25) is 0 Å². The highest BCUT2D eigenvalue weighted by Gasteiger charge is 2.18. The fraction of sp³-hybridized carbons (Fsp3) is 0.895. The molecule has 0 saturated heterocycles. The molecule has 0 aliphatic heterocycles. The molecule has 0 fully saturated rings. The van der Waals surface area contributed by atoms with Crippen LogP contribution in [0, 0.1) is 0 Å². The van der Waals surface area contributed by atoms with E-state index in [0.29, 0.717) is 19.4 Å². The monoisotopic (exact) mass is 1150 g/mol. The van der Waals surface area contributed by atoms with Crippen molar-refractivity contribution in [3.05, 3.63) is 36.5 Å². The summed E-state index contributed by atoms with van der Waals surface area (Å²) in [5, 5.41) is 23.3. The van der Waals surface area contributed by atoms with E-state index >= 15 is 0 Å². The smallest absolute Gasteiger partial charge is 0.305 e. The molecule has 6 nitrogen and oxygen atoms in total. The highest BCUT2D eigenvalue weighted by atomic mass is 16.5. The van der Waals surface area contributed by atoms with E-state index in [1.807, 2.05) is 6.08 Å². The van der Waals surface area contributed by atoms with Gasteiger partial charge in [-0.25, -0.2) is 0 Å². The standard InChI is InChI=1S/C76H145NO5/c1-3-5-7-9-11-13-15-17-19-21-22-34-37-40-44-48-52-56-60-64-68-74(79)73(72-78)77-75(80)69-65-61-57-53-49-45-41-38-35-32-30-28-26-24-23-25-27-29-31-33-36-39-43-47-51-55-59-63-67-71-82-76(81)70-66-62-58-54-50-46-42-20-18-16-14-12-10-8-6-4-2/h14,16,20,42,64,68,73-74,78-79H,3-13,15,17-19,21-41,43-63,65-67,69-72H2,1-2H3,(H,77,80)/b16-14-,42-20-,68-64+. The molecular formula is C76H145NO5. The zero-order chi connectivity index (χ0) is 59.2. The highest BCUT2D eigenvalue weighted by molar-refractivity contribution is 5.76. The van der Waals surface area contributed by atoms with Crippen molar-refractivity contribution >= 4 is 11.9 Å². The molecule has 0 saturated carbocycles. The van der Waals surface area contributed by atoms with Crippen LogP contribution in [0.3, 0.4) is 0 Å². The summed E-state index contributed by atoms with van der Waals surface area (Å²) in [6.07, 6.45) is 92.4. The van der Waals surface area contributed by atoms with Crippen LogP contribution in [0.25, 0.3) is 0 Å². The molecule has 0 heterocycles. The molecule has 82 heavy (non-hydrogen) atoms. The Balaban J connectivity index is 3.37. The maximum Gasteiger partial charge on any atom is 0.305 e. The molecule has 6 heteroatoms. The molecule has 2 atom stereocenters. The van der Waals surface area contributed by atoms with Crippen LogP contribution < -0.4 is 5.32 Å². The first-order chi connectivity index (χ1) is 40.5. The van der Waals surface area contributed by atoms with Crippen molar-refractivity contribution in [2.45, 2.75) is 424 Å². The van der Waals surface area contributed by atoms with E-state index in [0.717, 1.165) is 51.4 Å². The Bertz CT molecular complexity index is 1330. The van der Waals surface area contributed by atoms with E-state index in [-0.39, 0.29) is 18.5 Å². The van der Waals surface area contributed by atoms with Gasteiger partial charge in [-0.1, -0.05) is 371 Å². The summed E-state index contributed by atoms with van der Waals surface area (Å²) < 4.78 is 5.49. The zero-order valence-electron chi connectivity index (χ0n) is 55.5. The number of esters is 1. The van der Waals surface area contributed by atoms with E-state index in [4.69, 9.17) is 4.74 Å². The molecule has 484 valence electrons. The molecule has 0 aliphatic carbocycles. The largest absolute Gasteiger partial charge is 0.466 e. The van der Waals surface area contributed by atoms with Gasteiger partial charge in [0.2, 0.25) is 5.91 Å². The average molecular weight is 1150 g/mol. The van der Waals surface area contributed by atoms with Gasteiger partial charge in [-0.2, -0.15) is 0 Å². The third kappa shape index (κ3) is 67.2. The zero-order valence-corrected chi connectivity index (χ0v) is 55.5. The van der Waals surface area contributed by atoms with E-state index in [1.54, 1.807) is 6.08 Å². The molecular weight excluding hydrogens is 1010 g/mol. The van der Waals surface area contributed by atoms with Crippen molar-refractivity contribution in [1.82, 2.24) is 5.32 Å². The lowest BCUT2D eigenvalue weighted by Crippen LogP contribution is -2.45. The first-order valence-corrected chi connectivity index (χ1v) is 37.3. The van der Waals surface area contributed by atoms with Gasteiger partial charge in [-0.05, 0) is 64.2 Å². The number of amides is 1. The maximum absolute atomic E-state index is 12.5. The first kappa shape index (κ1) is 80.1. The van der Waals surface area contributed by atoms with Crippen molar-refractivity contribution < 1.29 is 24.5 Å². The van der Waals surface area contributed by atoms with E-state index < -0.39 is 12.1 Å². The number of allylic oxidation sites excluding steroid dienone is 5. The first-order valence-electron chi connectivity index (χ1n) is 37.3. The topological polar surface area (TPSA) is 95.9 Å². The Morgan fingerprint density at radius 3 is 0.939 bits per heavy atom. The molecule has 0 aromatic rings. The molecule has 1 amide bonds. The fourth-order valence-electron chi connectivity index (χ4n) is 11.7. The van der Waals surface area contributed by atoms with Gasteiger partial charge in [-0.3, -0.25) is 9.59 Å². The van der Waals surface area contributed by atoms with Crippen molar-refractivity contribution in [3.63, 3.8) is 0 Å². The lowest BCUT2D eigenvalue weighted by atomic mass is 10.0. The lowest BCUT2D eigenvalue weighted by Gasteiger charge is -2.20. The summed E-state index contributed by atoms with van der Waals surface area (Å²) in [5.74, 6) is -0.0544. The van der Waals surface area contributed by atoms with E-state index in [1.165, 1.54) is 334 Å². The quantitative estimate of drug-likeness (QED) is 0.0320. The fourth-order valence-corrected chi connectivity index (χ4v) is 11.7. The van der Waals surface area contributed by atoms with Crippen LogP contribution in [0.5, 0.6) is 0 Å². The molecule has 0 spiro atoms. The molecule has 2 unspecified atom stereocenters. The third-order valence-corrected chi connectivity index (χ3v) is 17.4. The van der Waals surface area contributed by atoms with Gasteiger partial charge in [-0.15, -0.1) is 0 Å². The summed E-state index contributed by atoms with van der Waals surface area (Å²) in [4.78, 5) is 24.6. The number of aliphatic hydroxyl groups excluding tert-OH is 2. The number of carbonyl (C=O) groups is 2. The normalized spacial score (nSPS) is 12.7. The Kier molecular flexibility index (Phi) is 69.9. The van der Waals surface area contributed by atoms with Crippen LogP contribution in [0.4, 0.5) is 0 Å². The Morgan fingerprint density at radius 2 is 0.610 bits per heavy atom. The summed E-state index contributed by atoms with van der Waals surface area (Å²) in [6.45, 7) is 4.92. The van der Waals surface area contributed by atoms with Crippen LogP contribution in [0.1, 0.15) is 412 Å². The maximum atomic E-state index is 12.5. The van der Waals surface area contributed by atoms with E-state index in [2.05, 4.69) is 43.5 Å². The number of hydrogen-bond acceptors (Lipinski definition) is 5.